The Morgan fingerprint density at radius 3 is 2.41 bits per heavy atom. The first-order chi connectivity index (χ1) is 12.9. The van der Waals surface area contributed by atoms with Crippen molar-refractivity contribution in [3.63, 3.8) is 0 Å². The van der Waals surface area contributed by atoms with Gasteiger partial charge in [-0.2, -0.15) is 0 Å². The lowest BCUT2D eigenvalue weighted by molar-refractivity contribution is -0.0666. The Hall–Kier alpha value is -2.22. The smallest absolute Gasteiger partial charge is 0.165 e. The standard InChI is InChI=1S/C20H21F2NO4/c21-13-3-1-12(2-4-13)20(26)5-7-23(8-6-20)16-11-27-18-10-17(24)15(22)9-14(18)19(16)25/h1-4,9-10,16,19,24-26H,5-8,11H2/t16-,19+/m1/s1. The number of nitrogens with zero attached hydrogens (tertiary/aromatic N) is 1. The summed E-state index contributed by atoms with van der Waals surface area (Å²) in [5.74, 6) is -1.39. The zero-order valence-electron chi connectivity index (χ0n) is 14.6. The highest BCUT2D eigenvalue weighted by molar-refractivity contribution is 5.44. The van der Waals surface area contributed by atoms with E-state index in [-0.39, 0.29) is 24.2 Å². The van der Waals surface area contributed by atoms with Crippen molar-refractivity contribution in [3.05, 3.63) is 59.2 Å². The van der Waals surface area contributed by atoms with E-state index in [2.05, 4.69) is 0 Å². The number of likely N-dealkylation sites (tertiary alicyclic amines) is 1. The largest absolute Gasteiger partial charge is 0.505 e. The topological polar surface area (TPSA) is 73.2 Å². The fraction of sp³-hybridized carbons (Fsp3) is 0.400. The number of fused-ring (bicyclic) bond motifs is 1. The van der Waals surface area contributed by atoms with Crippen molar-refractivity contribution >= 4 is 0 Å². The molecule has 27 heavy (non-hydrogen) atoms. The monoisotopic (exact) mass is 377 g/mol. The van der Waals surface area contributed by atoms with Gasteiger partial charge in [-0.05, 0) is 36.6 Å². The average molecular weight is 377 g/mol. The van der Waals surface area contributed by atoms with Gasteiger partial charge in [0.2, 0.25) is 0 Å². The highest BCUT2D eigenvalue weighted by Crippen LogP contribution is 2.40. The first-order valence-electron chi connectivity index (χ1n) is 8.93. The lowest BCUT2D eigenvalue weighted by Crippen LogP contribution is -2.52. The van der Waals surface area contributed by atoms with E-state index in [4.69, 9.17) is 4.74 Å². The molecule has 0 radical (unpaired) electrons. The van der Waals surface area contributed by atoms with Gasteiger partial charge in [-0.25, -0.2) is 8.78 Å². The van der Waals surface area contributed by atoms with Crippen LogP contribution in [0.2, 0.25) is 0 Å². The van der Waals surface area contributed by atoms with Gasteiger partial charge in [0.05, 0.1) is 11.6 Å². The van der Waals surface area contributed by atoms with Crippen LogP contribution in [0.25, 0.3) is 0 Å². The van der Waals surface area contributed by atoms with Crippen molar-refractivity contribution in [2.45, 2.75) is 30.6 Å². The number of hydrogen-bond acceptors (Lipinski definition) is 5. The molecule has 5 nitrogen and oxygen atoms in total. The second kappa shape index (κ2) is 6.74. The van der Waals surface area contributed by atoms with Gasteiger partial charge in [0.1, 0.15) is 24.3 Å². The summed E-state index contributed by atoms with van der Waals surface area (Å²) in [4.78, 5) is 2.01. The maximum absolute atomic E-state index is 13.7. The molecule has 0 spiro atoms. The van der Waals surface area contributed by atoms with E-state index in [0.717, 1.165) is 6.07 Å². The third-order valence-corrected chi connectivity index (χ3v) is 5.65. The van der Waals surface area contributed by atoms with Crippen molar-refractivity contribution in [2.24, 2.45) is 0 Å². The molecule has 0 saturated carbocycles. The van der Waals surface area contributed by atoms with Gasteiger partial charge in [0.15, 0.2) is 11.6 Å². The third-order valence-electron chi connectivity index (χ3n) is 5.65. The van der Waals surface area contributed by atoms with E-state index in [1.165, 1.54) is 18.2 Å². The number of ether oxygens (including phenoxy) is 1. The second-order valence-electron chi connectivity index (χ2n) is 7.24. The predicted octanol–water partition coefficient (Wildman–Crippen LogP) is 2.45. The minimum absolute atomic E-state index is 0.203. The van der Waals surface area contributed by atoms with Crippen molar-refractivity contribution in [2.75, 3.05) is 19.7 Å². The number of hydrogen-bond donors (Lipinski definition) is 3. The van der Waals surface area contributed by atoms with E-state index in [1.54, 1.807) is 12.1 Å². The van der Waals surface area contributed by atoms with Crippen molar-refractivity contribution in [3.8, 4) is 11.5 Å². The maximum atomic E-state index is 13.7. The maximum Gasteiger partial charge on any atom is 0.165 e. The molecule has 0 unspecified atom stereocenters. The molecule has 7 heteroatoms. The summed E-state index contributed by atoms with van der Waals surface area (Å²) < 4.78 is 32.4. The number of halogens is 2. The summed E-state index contributed by atoms with van der Waals surface area (Å²) in [6, 6.07) is 7.75. The normalized spacial score (nSPS) is 24.9. The first kappa shape index (κ1) is 18.2. The molecule has 144 valence electrons. The minimum atomic E-state index is -1.04. The molecule has 0 aromatic heterocycles. The van der Waals surface area contributed by atoms with Crippen LogP contribution in [0.4, 0.5) is 8.78 Å². The lowest BCUT2D eigenvalue weighted by atomic mass is 9.83. The summed E-state index contributed by atoms with van der Waals surface area (Å²) in [5.41, 5.74) is -0.0617. The predicted molar refractivity (Wildman–Crippen MR) is 93.4 cm³/mol. The molecular weight excluding hydrogens is 356 g/mol. The van der Waals surface area contributed by atoms with Crippen LogP contribution in [-0.4, -0.2) is 46.0 Å². The fourth-order valence-electron chi connectivity index (χ4n) is 3.97. The van der Waals surface area contributed by atoms with Gasteiger partial charge in [-0.15, -0.1) is 0 Å². The number of aromatic hydroxyl groups is 1. The molecule has 2 aliphatic heterocycles. The molecule has 1 fully saturated rings. The summed E-state index contributed by atoms with van der Waals surface area (Å²) in [7, 11) is 0. The highest BCUT2D eigenvalue weighted by atomic mass is 19.1. The van der Waals surface area contributed by atoms with Gasteiger partial charge in [0.25, 0.3) is 0 Å². The SMILES string of the molecule is Oc1cc2c(cc1F)[C@H](O)[C@H](N1CCC(O)(c3ccc(F)cc3)CC1)CO2. The lowest BCUT2D eigenvalue weighted by Gasteiger charge is -2.44. The number of aliphatic hydroxyl groups is 2. The van der Waals surface area contributed by atoms with E-state index < -0.39 is 23.3 Å². The van der Waals surface area contributed by atoms with Crippen LogP contribution in [0.1, 0.15) is 30.1 Å². The van der Waals surface area contributed by atoms with Gasteiger partial charge in [-0.1, -0.05) is 12.1 Å². The van der Waals surface area contributed by atoms with Crippen LogP contribution in [0.5, 0.6) is 11.5 Å². The summed E-state index contributed by atoms with van der Waals surface area (Å²) in [6.07, 6.45) is -0.0991. The van der Waals surface area contributed by atoms with Crippen molar-refractivity contribution in [1.29, 1.82) is 0 Å². The molecule has 2 aliphatic rings. The average Bonchev–Trinajstić information content (AvgIpc) is 2.65. The third kappa shape index (κ3) is 3.26. The quantitative estimate of drug-likeness (QED) is 0.750. The van der Waals surface area contributed by atoms with Crippen LogP contribution in [0, 0.1) is 11.6 Å². The Bertz CT molecular complexity index is 835. The van der Waals surface area contributed by atoms with Crippen LogP contribution < -0.4 is 4.74 Å². The van der Waals surface area contributed by atoms with E-state index in [1.807, 2.05) is 4.90 Å². The Labute approximate surface area is 155 Å². The Kier molecular flexibility index (Phi) is 4.53. The zero-order valence-corrected chi connectivity index (χ0v) is 14.6. The minimum Gasteiger partial charge on any atom is -0.505 e. The van der Waals surface area contributed by atoms with E-state index in [9.17, 15) is 24.1 Å². The van der Waals surface area contributed by atoms with Gasteiger partial charge in [-0.3, -0.25) is 4.90 Å². The second-order valence-corrected chi connectivity index (χ2v) is 7.24. The Morgan fingerprint density at radius 1 is 1.07 bits per heavy atom. The Balaban J connectivity index is 1.48. The van der Waals surface area contributed by atoms with Crippen LogP contribution in [-0.2, 0) is 5.60 Å². The van der Waals surface area contributed by atoms with Gasteiger partial charge in [0, 0.05) is 24.7 Å². The van der Waals surface area contributed by atoms with Crippen molar-refractivity contribution < 1.29 is 28.8 Å². The molecular formula is C20H21F2NO4. The summed E-state index contributed by atoms with van der Waals surface area (Å²) >= 11 is 0. The van der Waals surface area contributed by atoms with Crippen LogP contribution >= 0.6 is 0 Å². The molecule has 2 aromatic rings. The molecule has 2 aromatic carbocycles. The Morgan fingerprint density at radius 2 is 1.74 bits per heavy atom. The van der Waals surface area contributed by atoms with Gasteiger partial charge < -0.3 is 20.1 Å². The van der Waals surface area contributed by atoms with Crippen LogP contribution in [0.3, 0.4) is 0 Å². The van der Waals surface area contributed by atoms with E-state index in [0.29, 0.717) is 37.1 Å². The highest BCUT2D eigenvalue weighted by Gasteiger charge is 2.40. The molecule has 2 heterocycles. The molecule has 4 rings (SSSR count). The molecule has 0 bridgehead atoms. The van der Waals surface area contributed by atoms with E-state index >= 15 is 0 Å². The molecule has 3 N–H and O–H groups in total. The van der Waals surface area contributed by atoms with Crippen molar-refractivity contribution in [1.82, 2.24) is 4.90 Å². The molecule has 2 atom stereocenters. The summed E-state index contributed by atoms with van der Waals surface area (Å²) in [5, 5.41) is 31.1. The number of phenols is 1. The molecule has 0 aliphatic carbocycles. The number of phenolic OH excluding ortho intramolecular Hbond substituents is 1. The summed E-state index contributed by atoms with van der Waals surface area (Å²) in [6.45, 7) is 1.22. The number of rotatable bonds is 2. The van der Waals surface area contributed by atoms with Gasteiger partial charge >= 0.3 is 0 Å². The zero-order chi connectivity index (χ0) is 19.2. The fourth-order valence-corrected chi connectivity index (χ4v) is 3.97. The molecule has 1 saturated heterocycles. The van der Waals surface area contributed by atoms with Crippen LogP contribution in [0.15, 0.2) is 36.4 Å². The first-order valence-corrected chi connectivity index (χ1v) is 8.93. The number of benzene rings is 2. The number of aliphatic hydroxyl groups excluding tert-OH is 1. The molecule has 0 amide bonds. The number of piperidine rings is 1.